The van der Waals surface area contributed by atoms with Crippen molar-refractivity contribution in [2.45, 2.75) is 13.0 Å². The van der Waals surface area contributed by atoms with Crippen LogP contribution in [0.3, 0.4) is 0 Å². The molecule has 1 aliphatic rings. The molecule has 18 heavy (non-hydrogen) atoms. The molecule has 0 unspecified atom stereocenters. The predicted molar refractivity (Wildman–Crippen MR) is 74.1 cm³/mol. The van der Waals surface area contributed by atoms with Gasteiger partial charge in [0.2, 0.25) is 0 Å². The number of hydrogen-bond donors (Lipinski definition) is 1. The van der Waals surface area contributed by atoms with Crippen molar-refractivity contribution in [2.75, 3.05) is 23.8 Å². The van der Waals surface area contributed by atoms with E-state index in [1.54, 1.807) is 0 Å². The molecule has 2 heterocycles. The minimum absolute atomic E-state index is 0.804. The van der Waals surface area contributed by atoms with Gasteiger partial charge >= 0.3 is 124 Å². The van der Waals surface area contributed by atoms with Crippen molar-refractivity contribution < 1.29 is 0 Å². The van der Waals surface area contributed by atoms with Gasteiger partial charge in [0.05, 0.1) is 0 Å². The summed E-state index contributed by atoms with van der Waals surface area (Å²) in [5.74, 6) is 0. The monoisotopic (exact) mass is 432 g/mol. The Labute approximate surface area is 123 Å². The van der Waals surface area contributed by atoms with Crippen LogP contribution < -0.4 is 10.2 Å². The number of benzene rings is 1. The van der Waals surface area contributed by atoms with Crippen LogP contribution in [-0.4, -0.2) is 47.0 Å². The first-order valence-corrected chi connectivity index (χ1v) is 8.10. The summed E-state index contributed by atoms with van der Waals surface area (Å²) in [7, 11) is 1.96. The van der Waals surface area contributed by atoms with E-state index in [0.717, 1.165) is 45.6 Å². The number of fused-ring (bicyclic) bond motifs is 1. The summed E-state index contributed by atoms with van der Waals surface area (Å²) < 4.78 is 2.16. The number of anilines is 2. The van der Waals surface area contributed by atoms with Crippen LogP contribution in [0.15, 0.2) is 30.7 Å². The van der Waals surface area contributed by atoms with Gasteiger partial charge in [0.1, 0.15) is 0 Å². The number of nitrogens with zero attached hydrogens (tertiary/aromatic N) is 3. The molecular formula is C13H15N4Tl. The maximum absolute atomic E-state index is 4.44. The van der Waals surface area contributed by atoms with Gasteiger partial charge in [-0.05, 0) is 0 Å². The Kier molecular flexibility index (Phi) is 3.28. The maximum atomic E-state index is 4.44. The van der Waals surface area contributed by atoms with E-state index >= 15 is 0 Å². The number of hydrogen-bond acceptors (Lipinski definition) is 3. The van der Waals surface area contributed by atoms with E-state index in [0.29, 0.717) is 0 Å². The van der Waals surface area contributed by atoms with Crippen molar-refractivity contribution in [3.05, 3.63) is 42.0 Å². The second-order valence-electron chi connectivity index (χ2n) is 4.58. The van der Waals surface area contributed by atoms with Crippen molar-refractivity contribution in [2.24, 2.45) is 0 Å². The number of nitrogens with one attached hydrogen (secondary N) is 1. The van der Waals surface area contributed by atoms with E-state index < -0.39 is 0 Å². The summed E-state index contributed by atoms with van der Waals surface area (Å²) in [6.07, 6.45) is 5.23. The zero-order valence-corrected chi connectivity index (χ0v) is 14.9. The van der Waals surface area contributed by atoms with Crippen LogP contribution in [0.4, 0.5) is 11.4 Å². The zero-order valence-electron chi connectivity index (χ0n) is 10.4. The minimum atomic E-state index is 0.804. The van der Waals surface area contributed by atoms with Gasteiger partial charge in [0.25, 0.3) is 0 Å². The molecule has 90 valence electrons. The molecule has 2 aromatic rings. The Morgan fingerprint density at radius 1 is 1.44 bits per heavy atom. The Hall–Kier alpha value is -1.05. The molecule has 3 rings (SSSR count). The van der Waals surface area contributed by atoms with Crippen LogP contribution in [0.5, 0.6) is 0 Å². The van der Waals surface area contributed by atoms with Crippen LogP contribution in [0.25, 0.3) is 0 Å². The van der Waals surface area contributed by atoms with Crippen molar-refractivity contribution in [1.82, 2.24) is 7.36 Å². The summed E-state index contributed by atoms with van der Waals surface area (Å²) in [4.78, 5) is 6.86. The Morgan fingerprint density at radius 2 is 2.33 bits per heavy atom. The quantitative estimate of drug-likeness (QED) is 0.747. The van der Waals surface area contributed by atoms with E-state index in [9.17, 15) is 0 Å². The second kappa shape index (κ2) is 4.91. The van der Waals surface area contributed by atoms with Gasteiger partial charge in [-0.3, -0.25) is 0 Å². The van der Waals surface area contributed by atoms with E-state index in [2.05, 4.69) is 42.0 Å². The van der Waals surface area contributed by atoms with Crippen molar-refractivity contribution in [1.29, 1.82) is 0 Å². The fourth-order valence-corrected chi connectivity index (χ4v) is 3.35. The third-order valence-corrected chi connectivity index (χ3v) is 4.47. The summed E-state index contributed by atoms with van der Waals surface area (Å²) in [5.41, 5.74) is 5.14. The van der Waals surface area contributed by atoms with Crippen LogP contribution >= 0.6 is 0 Å². The van der Waals surface area contributed by atoms with Crippen molar-refractivity contribution in [3.8, 4) is 0 Å². The first-order valence-electron chi connectivity index (χ1n) is 6.10. The molecule has 0 spiro atoms. The van der Waals surface area contributed by atoms with Gasteiger partial charge < -0.3 is 0 Å². The van der Waals surface area contributed by atoms with E-state index in [4.69, 9.17) is 0 Å². The molecule has 0 fully saturated rings. The molecule has 1 aliphatic heterocycles. The molecule has 0 atom stereocenters. The van der Waals surface area contributed by atoms with Crippen molar-refractivity contribution >= 4 is 37.4 Å². The van der Waals surface area contributed by atoms with Gasteiger partial charge in [-0.2, -0.15) is 0 Å². The van der Waals surface area contributed by atoms with Crippen LogP contribution in [0, 0.1) is 0 Å². The summed E-state index contributed by atoms with van der Waals surface area (Å²) >= 11 is 0.804. The zero-order chi connectivity index (χ0) is 12.5. The molecule has 0 saturated carbocycles. The average molecular weight is 432 g/mol. The molecule has 0 bridgehead atoms. The Morgan fingerprint density at radius 3 is 3.06 bits per heavy atom. The fraction of sp³-hybridized carbons (Fsp3) is 0.308. The third kappa shape index (κ3) is 2.25. The van der Waals surface area contributed by atoms with Gasteiger partial charge in [-0.15, -0.1) is 0 Å². The molecule has 5 heteroatoms. The van der Waals surface area contributed by atoms with Crippen LogP contribution in [0.1, 0.15) is 11.3 Å². The van der Waals surface area contributed by atoms with Crippen LogP contribution in [0.2, 0.25) is 0 Å². The standard InChI is InChI=1S/C13H15N4.Tl/c1-14-11-3-2-10-4-5-17(13(10)6-11)8-12-7-15-9-16-12;/h2-3,6-7,9,14H,4-5,8H2,1H3;/q-1;+1. The molecule has 1 aromatic carbocycles. The summed E-state index contributed by atoms with van der Waals surface area (Å²) in [5, 5.41) is 3.21. The van der Waals surface area contributed by atoms with Crippen LogP contribution in [-0.2, 0) is 13.0 Å². The third-order valence-electron chi connectivity index (χ3n) is 3.37. The number of rotatable bonds is 3. The van der Waals surface area contributed by atoms with Crippen molar-refractivity contribution in [3.63, 3.8) is 0 Å². The Balaban J connectivity index is 1.85. The van der Waals surface area contributed by atoms with Gasteiger partial charge in [-0.25, -0.2) is 0 Å². The molecule has 0 amide bonds. The van der Waals surface area contributed by atoms with Gasteiger partial charge in [0, 0.05) is 0 Å². The Bertz CT molecular complexity index is 564. The topological polar surface area (TPSA) is 33.1 Å². The normalized spacial score (nSPS) is 13.7. The SMILES string of the molecule is CNc1ccc2c(c1)N(Cc1c[n]([Tl])cn1)CC2. The molecule has 0 aliphatic carbocycles. The van der Waals surface area contributed by atoms with E-state index in [-0.39, 0.29) is 0 Å². The van der Waals surface area contributed by atoms with E-state index in [1.165, 1.54) is 22.6 Å². The average Bonchev–Trinajstić information content (AvgIpc) is 2.96. The predicted octanol–water partition coefficient (Wildman–Crippen LogP) is 1.42. The van der Waals surface area contributed by atoms with E-state index in [1.807, 2.05) is 13.4 Å². The summed E-state index contributed by atoms with van der Waals surface area (Å²) in [6.45, 7) is 2.01. The molecule has 4 nitrogen and oxygen atoms in total. The first-order chi connectivity index (χ1) is 8.76. The number of imidazole rings is 1. The second-order valence-corrected chi connectivity index (χ2v) is 6.90. The summed E-state index contributed by atoms with van der Waals surface area (Å²) in [6, 6.07) is 6.62. The first kappa shape index (κ1) is 12.0. The molecule has 0 saturated heterocycles. The fourth-order valence-electron chi connectivity index (χ4n) is 2.42. The van der Waals surface area contributed by atoms with Gasteiger partial charge in [-0.1, -0.05) is 0 Å². The van der Waals surface area contributed by atoms with Gasteiger partial charge in [0.15, 0.2) is 0 Å². The molecular weight excluding hydrogens is 417 g/mol. The molecule has 1 N–H and O–H groups in total. The molecule has 0 radical (unpaired) electrons. The number of aromatic nitrogens is 2. The molecule has 1 aromatic heterocycles.